The van der Waals surface area contributed by atoms with Crippen LogP contribution in [0.15, 0.2) is 11.8 Å². The molecule has 2 aliphatic heterocycles. The summed E-state index contributed by atoms with van der Waals surface area (Å²) in [7, 11) is -1.24. The molecule has 3 heteroatoms. The van der Waals surface area contributed by atoms with Gasteiger partial charge in [0.15, 0.2) is 5.78 Å². The number of fused-ring (bicyclic) bond motifs is 5. The van der Waals surface area contributed by atoms with Crippen molar-refractivity contribution >= 4 is 13.9 Å². The van der Waals surface area contributed by atoms with E-state index in [9.17, 15) is 9.90 Å². The zero-order valence-corrected chi connectivity index (χ0v) is 9.66. The van der Waals surface area contributed by atoms with Gasteiger partial charge < -0.3 is 5.11 Å². The van der Waals surface area contributed by atoms with E-state index in [1.54, 1.807) is 0 Å². The summed E-state index contributed by atoms with van der Waals surface area (Å²) in [6.07, 6.45) is 3.97. The first-order chi connectivity index (χ1) is 6.53. The second-order valence-electron chi connectivity index (χ2n) is 5.63. The molecule has 2 heterocycles. The molecule has 3 aliphatic rings. The minimum atomic E-state index is -1.24. The van der Waals surface area contributed by atoms with Gasteiger partial charge in [0.25, 0.3) is 0 Å². The Morgan fingerprint density at radius 2 is 1.86 bits per heavy atom. The number of aliphatic hydroxyl groups excluding tert-OH is 1. The summed E-state index contributed by atoms with van der Waals surface area (Å²) >= 11 is 0. The van der Waals surface area contributed by atoms with E-state index in [4.69, 9.17) is 0 Å². The van der Waals surface area contributed by atoms with Gasteiger partial charge in [-0.2, -0.15) is 0 Å². The fourth-order valence-corrected chi connectivity index (χ4v) is 9.24. The lowest BCUT2D eigenvalue weighted by atomic mass is 9.80. The molecule has 76 valence electrons. The Balaban J connectivity index is 2.09. The summed E-state index contributed by atoms with van der Waals surface area (Å²) in [6.45, 7) is 4.79. The van der Waals surface area contributed by atoms with Crippen molar-refractivity contribution in [2.24, 2.45) is 11.8 Å². The Labute approximate surface area is 85.0 Å². The highest BCUT2D eigenvalue weighted by Crippen LogP contribution is 2.67. The SMILES string of the molecule is C[Si]1(C)[C@H]2CC[C@H]1[C@H]1C(=O)C=C(O)[C@H]12. The normalized spacial score (nSPS) is 48.1. The topological polar surface area (TPSA) is 37.3 Å². The van der Waals surface area contributed by atoms with Gasteiger partial charge in [-0.1, -0.05) is 25.9 Å². The monoisotopic (exact) mass is 208 g/mol. The van der Waals surface area contributed by atoms with Crippen molar-refractivity contribution in [1.82, 2.24) is 0 Å². The van der Waals surface area contributed by atoms with Gasteiger partial charge in [0.1, 0.15) is 0 Å². The molecule has 0 unspecified atom stereocenters. The molecule has 14 heavy (non-hydrogen) atoms. The van der Waals surface area contributed by atoms with Crippen LogP contribution in [0.25, 0.3) is 0 Å². The van der Waals surface area contributed by atoms with E-state index in [-0.39, 0.29) is 17.6 Å². The molecule has 3 rings (SSSR count). The summed E-state index contributed by atoms with van der Waals surface area (Å²) < 4.78 is 0. The van der Waals surface area contributed by atoms with Crippen LogP contribution in [-0.4, -0.2) is 19.0 Å². The van der Waals surface area contributed by atoms with Gasteiger partial charge in [0.2, 0.25) is 0 Å². The lowest BCUT2D eigenvalue weighted by molar-refractivity contribution is -0.118. The number of ketones is 1. The lowest BCUT2D eigenvalue weighted by Gasteiger charge is -2.23. The van der Waals surface area contributed by atoms with Crippen molar-refractivity contribution in [3.05, 3.63) is 11.8 Å². The molecular formula is C11H16O2Si. The van der Waals surface area contributed by atoms with Crippen LogP contribution >= 0.6 is 0 Å². The van der Waals surface area contributed by atoms with Crippen molar-refractivity contribution in [2.75, 3.05) is 0 Å². The molecule has 2 saturated heterocycles. The third-order valence-electron chi connectivity index (χ3n) is 4.91. The maximum Gasteiger partial charge on any atom is 0.162 e. The first-order valence-corrected chi connectivity index (χ1v) is 8.63. The van der Waals surface area contributed by atoms with Crippen molar-refractivity contribution in [3.8, 4) is 0 Å². The Kier molecular flexibility index (Phi) is 1.45. The van der Waals surface area contributed by atoms with E-state index < -0.39 is 8.07 Å². The molecule has 0 amide bonds. The molecule has 2 fully saturated rings. The highest BCUT2D eigenvalue weighted by atomic mass is 28.3. The maximum atomic E-state index is 11.7. The quantitative estimate of drug-likeness (QED) is 0.621. The van der Waals surface area contributed by atoms with Crippen molar-refractivity contribution < 1.29 is 9.90 Å². The fourth-order valence-electron chi connectivity index (χ4n) is 4.27. The zero-order chi connectivity index (χ0) is 10.1. The molecule has 1 aliphatic carbocycles. The van der Waals surface area contributed by atoms with E-state index in [2.05, 4.69) is 13.1 Å². The zero-order valence-electron chi connectivity index (χ0n) is 8.66. The molecule has 0 saturated carbocycles. The molecular weight excluding hydrogens is 192 g/mol. The van der Waals surface area contributed by atoms with Crippen LogP contribution in [-0.2, 0) is 4.79 Å². The summed E-state index contributed by atoms with van der Waals surface area (Å²) in [5.41, 5.74) is 1.31. The first-order valence-electron chi connectivity index (χ1n) is 5.48. The number of rotatable bonds is 0. The van der Waals surface area contributed by atoms with Crippen LogP contribution in [0.4, 0.5) is 0 Å². The van der Waals surface area contributed by atoms with Crippen LogP contribution in [0.2, 0.25) is 24.2 Å². The van der Waals surface area contributed by atoms with E-state index in [1.165, 1.54) is 18.9 Å². The summed E-state index contributed by atoms with van der Waals surface area (Å²) in [5, 5.41) is 9.79. The molecule has 0 aromatic heterocycles. The molecule has 4 atom stereocenters. The van der Waals surface area contributed by atoms with E-state index in [1.807, 2.05) is 0 Å². The van der Waals surface area contributed by atoms with Crippen LogP contribution in [0.3, 0.4) is 0 Å². The Bertz CT molecular complexity index is 345. The minimum absolute atomic E-state index is 0.176. The standard InChI is InChI=1S/C11H16O2Si/c1-14(2)8-3-4-9(14)11-7(13)5-6(12)10(8)11/h5,8-12H,3-4H2,1-2H3/t8-,9-,10-,11+/m0/s1. The molecule has 2 nitrogen and oxygen atoms in total. The molecule has 0 spiro atoms. The first kappa shape index (κ1) is 8.71. The predicted octanol–water partition coefficient (Wildman–Crippen LogP) is 2.50. The highest BCUT2D eigenvalue weighted by Gasteiger charge is 2.64. The summed E-state index contributed by atoms with van der Waals surface area (Å²) in [4.78, 5) is 11.7. The van der Waals surface area contributed by atoms with Gasteiger partial charge in [-0.3, -0.25) is 4.79 Å². The molecule has 0 aromatic carbocycles. The fraction of sp³-hybridized carbons (Fsp3) is 0.727. The van der Waals surface area contributed by atoms with Crippen LogP contribution in [0, 0.1) is 11.8 Å². The smallest absolute Gasteiger partial charge is 0.162 e. The molecule has 0 radical (unpaired) electrons. The number of hydrogen-bond acceptors (Lipinski definition) is 2. The molecule has 0 aromatic rings. The minimum Gasteiger partial charge on any atom is -0.512 e. The third kappa shape index (κ3) is 0.760. The average Bonchev–Trinajstić information content (AvgIpc) is 2.63. The summed E-state index contributed by atoms with van der Waals surface area (Å²) in [6, 6.07) is 0. The second-order valence-corrected chi connectivity index (χ2v) is 10.8. The number of allylic oxidation sites excluding steroid dienone is 2. The van der Waals surface area contributed by atoms with Gasteiger partial charge in [0, 0.05) is 17.9 Å². The molecule has 2 bridgehead atoms. The lowest BCUT2D eigenvalue weighted by Crippen LogP contribution is -2.29. The van der Waals surface area contributed by atoms with E-state index >= 15 is 0 Å². The van der Waals surface area contributed by atoms with Gasteiger partial charge >= 0.3 is 0 Å². The summed E-state index contributed by atoms with van der Waals surface area (Å²) in [5.74, 6) is 1.01. The van der Waals surface area contributed by atoms with E-state index in [0.29, 0.717) is 16.8 Å². The van der Waals surface area contributed by atoms with Gasteiger partial charge in [-0.15, -0.1) is 0 Å². The Morgan fingerprint density at radius 3 is 2.43 bits per heavy atom. The maximum absolute atomic E-state index is 11.7. The Hall–Kier alpha value is -0.573. The van der Waals surface area contributed by atoms with Crippen molar-refractivity contribution in [3.63, 3.8) is 0 Å². The predicted molar refractivity (Wildman–Crippen MR) is 56.9 cm³/mol. The number of hydrogen-bond donors (Lipinski definition) is 1. The van der Waals surface area contributed by atoms with E-state index in [0.717, 1.165) is 0 Å². The van der Waals surface area contributed by atoms with Crippen LogP contribution in [0.5, 0.6) is 0 Å². The average molecular weight is 208 g/mol. The Morgan fingerprint density at radius 1 is 1.29 bits per heavy atom. The number of aliphatic hydroxyl groups is 1. The van der Waals surface area contributed by atoms with Crippen LogP contribution < -0.4 is 0 Å². The second kappa shape index (κ2) is 2.32. The number of carbonyl (C=O) groups is 1. The third-order valence-corrected chi connectivity index (χ3v) is 10.0. The van der Waals surface area contributed by atoms with Gasteiger partial charge in [-0.05, 0) is 11.1 Å². The van der Waals surface area contributed by atoms with Gasteiger partial charge in [0.05, 0.1) is 13.8 Å². The van der Waals surface area contributed by atoms with Crippen LogP contribution in [0.1, 0.15) is 12.8 Å². The van der Waals surface area contributed by atoms with Crippen molar-refractivity contribution in [1.29, 1.82) is 0 Å². The largest absolute Gasteiger partial charge is 0.512 e. The number of carbonyl (C=O) groups excluding carboxylic acids is 1. The van der Waals surface area contributed by atoms with Gasteiger partial charge in [-0.25, -0.2) is 0 Å². The van der Waals surface area contributed by atoms with Crippen molar-refractivity contribution in [2.45, 2.75) is 37.0 Å². The highest BCUT2D eigenvalue weighted by molar-refractivity contribution is 6.82. The molecule has 1 N–H and O–H groups in total.